The highest BCUT2D eigenvalue weighted by Crippen LogP contribution is 2.24. The van der Waals surface area contributed by atoms with Crippen LogP contribution in [0.1, 0.15) is 5.56 Å². The van der Waals surface area contributed by atoms with Crippen LogP contribution in [-0.4, -0.2) is 19.8 Å². The molecule has 0 aliphatic carbocycles. The molecule has 0 fully saturated rings. The Bertz CT molecular complexity index is 545. The Morgan fingerprint density at radius 2 is 1.90 bits per heavy atom. The Hall–Kier alpha value is -1.52. The molecule has 3 nitrogen and oxygen atoms in total. The van der Waals surface area contributed by atoms with Crippen LogP contribution in [0.25, 0.3) is 0 Å². The van der Waals surface area contributed by atoms with E-state index in [0.717, 1.165) is 21.5 Å². The predicted molar refractivity (Wildman–Crippen MR) is 84.3 cm³/mol. The van der Waals surface area contributed by atoms with Gasteiger partial charge in [-0.05, 0) is 42.3 Å². The van der Waals surface area contributed by atoms with Gasteiger partial charge in [-0.15, -0.1) is 0 Å². The van der Waals surface area contributed by atoms with E-state index in [2.05, 4.69) is 15.9 Å². The summed E-state index contributed by atoms with van der Waals surface area (Å²) in [6, 6.07) is 15.5. The molecule has 0 radical (unpaired) electrons. The van der Waals surface area contributed by atoms with Crippen molar-refractivity contribution in [3.63, 3.8) is 0 Å². The van der Waals surface area contributed by atoms with Gasteiger partial charge < -0.3 is 15.2 Å². The minimum Gasteiger partial charge on any atom is -0.496 e. The van der Waals surface area contributed by atoms with Gasteiger partial charge in [0.1, 0.15) is 18.1 Å². The molecule has 2 N–H and O–H groups in total. The van der Waals surface area contributed by atoms with Gasteiger partial charge >= 0.3 is 0 Å². The van der Waals surface area contributed by atoms with Crippen LogP contribution in [0.2, 0.25) is 0 Å². The molecule has 20 heavy (non-hydrogen) atoms. The number of methoxy groups -OCH3 is 1. The zero-order valence-corrected chi connectivity index (χ0v) is 13.0. The standard InChI is InChI=1S/C16H18BrNO2/c1-19-16-8-7-13(17)9-12(16)10-14(18)11-20-15-5-3-2-4-6-15/h2-9,14H,10-11,18H2,1H3. The molecule has 0 saturated heterocycles. The summed E-state index contributed by atoms with van der Waals surface area (Å²) in [5, 5.41) is 0. The summed E-state index contributed by atoms with van der Waals surface area (Å²) in [4.78, 5) is 0. The summed E-state index contributed by atoms with van der Waals surface area (Å²) in [7, 11) is 1.67. The lowest BCUT2D eigenvalue weighted by molar-refractivity contribution is 0.286. The van der Waals surface area contributed by atoms with Gasteiger partial charge in [-0.1, -0.05) is 34.1 Å². The van der Waals surface area contributed by atoms with Crippen molar-refractivity contribution in [2.45, 2.75) is 12.5 Å². The summed E-state index contributed by atoms with van der Waals surface area (Å²) in [6.07, 6.45) is 0.704. The van der Waals surface area contributed by atoms with Crippen molar-refractivity contribution in [1.82, 2.24) is 0 Å². The van der Waals surface area contributed by atoms with Crippen molar-refractivity contribution < 1.29 is 9.47 Å². The van der Waals surface area contributed by atoms with Gasteiger partial charge in [0.15, 0.2) is 0 Å². The SMILES string of the molecule is COc1ccc(Br)cc1CC(N)COc1ccccc1. The van der Waals surface area contributed by atoms with Crippen LogP contribution in [0, 0.1) is 0 Å². The third kappa shape index (κ3) is 4.25. The molecule has 0 aliphatic rings. The van der Waals surface area contributed by atoms with E-state index in [-0.39, 0.29) is 6.04 Å². The number of halogens is 1. The van der Waals surface area contributed by atoms with E-state index >= 15 is 0 Å². The van der Waals surface area contributed by atoms with Crippen molar-refractivity contribution in [1.29, 1.82) is 0 Å². The van der Waals surface area contributed by atoms with Crippen molar-refractivity contribution >= 4 is 15.9 Å². The molecule has 2 aromatic carbocycles. The molecule has 0 saturated carbocycles. The molecule has 1 unspecified atom stereocenters. The molecule has 0 aromatic heterocycles. The average molecular weight is 336 g/mol. The third-order valence-corrected chi connectivity index (χ3v) is 3.43. The minimum absolute atomic E-state index is 0.0848. The van der Waals surface area contributed by atoms with Crippen LogP contribution in [0.3, 0.4) is 0 Å². The van der Waals surface area contributed by atoms with Gasteiger partial charge in [0.25, 0.3) is 0 Å². The maximum absolute atomic E-state index is 6.13. The minimum atomic E-state index is -0.0848. The van der Waals surface area contributed by atoms with Gasteiger partial charge in [-0.3, -0.25) is 0 Å². The van der Waals surface area contributed by atoms with Crippen molar-refractivity contribution in [3.8, 4) is 11.5 Å². The maximum atomic E-state index is 6.13. The van der Waals surface area contributed by atoms with Crippen molar-refractivity contribution in [2.75, 3.05) is 13.7 Å². The zero-order valence-electron chi connectivity index (χ0n) is 11.4. The van der Waals surface area contributed by atoms with Gasteiger partial charge in [0.2, 0.25) is 0 Å². The Kier molecular flexibility index (Phi) is 5.44. The average Bonchev–Trinajstić information content (AvgIpc) is 2.46. The van der Waals surface area contributed by atoms with Gasteiger partial charge in [0.05, 0.1) is 7.11 Å². The van der Waals surface area contributed by atoms with Crippen LogP contribution in [-0.2, 0) is 6.42 Å². The number of benzene rings is 2. The van der Waals surface area contributed by atoms with E-state index in [1.807, 2.05) is 48.5 Å². The number of para-hydroxylation sites is 1. The van der Waals surface area contributed by atoms with Crippen LogP contribution < -0.4 is 15.2 Å². The second kappa shape index (κ2) is 7.31. The lowest BCUT2D eigenvalue weighted by atomic mass is 10.1. The van der Waals surface area contributed by atoms with E-state index in [4.69, 9.17) is 15.2 Å². The van der Waals surface area contributed by atoms with E-state index in [0.29, 0.717) is 13.0 Å². The van der Waals surface area contributed by atoms with Crippen LogP contribution in [0.15, 0.2) is 53.0 Å². The number of hydrogen-bond donors (Lipinski definition) is 1. The Labute approximate surface area is 127 Å². The number of ether oxygens (including phenoxy) is 2. The first-order valence-corrected chi connectivity index (χ1v) is 7.24. The summed E-state index contributed by atoms with van der Waals surface area (Å²) < 4.78 is 12.0. The second-order valence-electron chi connectivity index (χ2n) is 4.54. The van der Waals surface area contributed by atoms with Crippen LogP contribution in [0.4, 0.5) is 0 Å². The Balaban J connectivity index is 1.94. The molecule has 0 bridgehead atoms. The van der Waals surface area contributed by atoms with Gasteiger partial charge in [0, 0.05) is 10.5 Å². The molecule has 0 amide bonds. The fraction of sp³-hybridized carbons (Fsp3) is 0.250. The normalized spacial score (nSPS) is 11.9. The number of nitrogens with two attached hydrogens (primary N) is 1. The lowest BCUT2D eigenvalue weighted by Crippen LogP contribution is -2.30. The molecule has 0 spiro atoms. The van der Waals surface area contributed by atoms with Gasteiger partial charge in [-0.2, -0.15) is 0 Å². The number of rotatable bonds is 6. The first-order chi connectivity index (χ1) is 9.69. The largest absolute Gasteiger partial charge is 0.496 e. The topological polar surface area (TPSA) is 44.5 Å². The van der Waals surface area contributed by atoms with Crippen molar-refractivity contribution in [2.24, 2.45) is 5.73 Å². The predicted octanol–water partition coefficient (Wildman–Crippen LogP) is 3.41. The van der Waals surface area contributed by atoms with Crippen LogP contribution >= 0.6 is 15.9 Å². The summed E-state index contributed by atoms with van der Waals surface area (Å²) >= 11 is 3.46. The monoisotopic (exact) mass is 335 g/mol. The first kappa shape index (κ1) is 14.9. The van der Waals surface area contributed by atoms with Gasteiger partial charge in [-0.25, -0.2) is 0 Å². The molecule has 0 aliphatic heterocycles. The zero-order chi connectivity index (χ0) is 14.4. The van der Waals surface area contributed by atoms with Crippen LogP contribution in [0.5, 0.6) is 11.5 Å². The second-order valence-corrected chi connectivity index (χ2v) is 5.46. The molecular weight excluding hydrogens is 318 g/mol. The molecule has 2 rings (SSSR count). The van der Waals surface area contributed by atoms with E-state index < -0.39 is 0 Å². The maximum Gasteiger partial charge on any atom is 0.122 e. The third-order valence-electron chi connectivity index (χ3n) is 2.93. The molecule has 1 atom stereocenters. The molecule has 4 heteroatoms. The first-order valence-electron chi connectivity index (χ1n) is 6.45. The summed E-state index contributed by atoms with van der Waals surface area (Å²) in [5.41, 5.74) is 7.21. The number of hydrogen-bond acceptors (Lipinski definition) is 3. The van der Waals surface area contributed by atoms with E-state index in [9.17, 15) is 0 Å². The summed E-state index contributed by atoms with van der Waals surface area (Å²) in [6.45, 7) is 0.472. The van der Waals surface area contributed by atoms with E-state index in [1.165, 1.54) is 0 Å². The fourth-order valence-corrected chi connectivity index (χ4v) is 2.38. The smallest absolute Gasteiger partial charge is 0.122 e. The Morgan fingerprint density at radius 3 is 2.60 bits per heavy atom. The highest BCUT2D eigenvalue weighted by Gasteiger charge is 2.10. The lowest BCUT2D eigenvalue weighted by Gasteiger charge is -2.15. The molecule has 106 valence electrons. The van der Waals surface area contributed by atoms with Crippen molar-refractivity contribution in [3.05, 3.63) is 58.6 Å². The van der Waals surface area contributed by atoms with E-state index in [1.54, 1.807) is 7.11 Å². The highest BCUT2D eigenvalue weighted by molar-refractivity contribution is 9.10. The molecule has 0 heterocycles. The molecule has 2 aromatic rings. The highest BCUT2D eigenvalue weighted by atomic mass is 79.9. The Morgan fingerprint density at radius 1 is 1.15 bits per heavy atom. The quantitative estimate of drug-likeness (QED) is 0.879. The molecular formula is C16H18BrNO2. The fourth-order valence-electron chi connectivity index (χ4n) is 1.97. The summed E-state index contributed by atoms with van der Waals surface area (Å²) in [5.74, 6) is 1.69.